The molecular weight excluding hydrogens is 737 g/mol. The standard InChI is InChI=1S/C23H24ClN3OS.C9H6BrClO2.BrH/c1-5-27(4)14-25-20-11-15(2)18(10-16(20)3)12-22-26-21(13-29-22)23(28)17-6-8-19(24)9-7-17;10-5-8(12)9(13)6-1-3-7(11)4-2-6;/h6-11,13-14H,5,12H2,1-4H3;1-4H,5H2;1H. The van der Waals surface area contributed by atoms with Gasteiger partial charge in [0, 0.05) is 46.6 Å². The van der Waals surface area contributed by atoms with E-state index in [0.717, 1.165) is 22.8 Å². The van der Waals surface area contributed by atoms with Gasteiger partial charge in [-0.2, -0.15) is 0 Å². The molecule has 0 aliphatic carbocycles. The summed E-state index contributed by atoms with van der Waals surface area (Å²) < 4.78 is 0. The summed E-state index contributed by atoms with van der Waals surface area (Å²) in [6, 6.07) is 17.4. The quantitative estimate of drug-likeness (QED) is 0.0530. The molecular formula is C32H31Br2Cl2N3O3S. The van der Waals surface area contributed by atoms with Crippen LogP contribution in [-0.2, 0) is 11.2 Å². The fraction of sp³-hybridized carbons (Fsp3) is 0.219. The molecule has 0 radical (unpaired) electrons. The minimum Gasteiger partial charge on any atom is -0.366 e. The van der Waals surface area contributed by atoms with E-state index in [1.165, 1.54) is 34.6 Å². The number of rotatable bonds is 10. The van der Waals surface area contributed by atoms with Gasteiger partial charge in [-0.1, -0.05) is 45.2 Å². The topological polar surface area (TPSA) is 79.7 Å². The number of ketones is 3. The molecule has 6 nitrogen and oxygen atoms in total. The lowest BCUT2D eigenvalue weighted by Gasteiger charge is -2.11. The van der Waals surface area contributed by atoms with E-state index in [4.69, 9.17) is 23.2 Å². The lowest BCUT2D eigenvalue weighted by Crippen LogP contribution is -2.14. The monoisotopic (exact) mass is 765 g/mol. The molecule has 4 rings (SSSR count). The van der Waals surface area contributed by atoms with Crippen LogP contribution in [0.5, 0.6) is 0 Å². The molecule has 0 aliphatic heterocycles. The van der Waals surface area contributed by atoms with Crippen LogP contribution >= 0.6 is 67.5 Å². The Morgan fingerprint density at radius 1 is 0.953 bits per heavy atom. The van der Waals surface area contributed by atoms with Crippen molar-refractivity contribution in [2.45, 2.75) is 27.2 Å². The summed E-state index contributed by atoms with van der Waals surface area (Å²) >= 11 is 16.0. The summed E-state index contributed by atoms with van der Waals surface area (Å²) in [6.45, 7) is 7.16. The molecule has 11 heteroatoms. The molecule has 0 fully saturated rings. The van der Waals surface area contributed by atoms with Gasteiger partial charge >= 0.3 is 0 Å². The van der Waals surface area contributed by atoms with Gasteiger partial charge in [0.25, 0.3) is 0 Å². The Kier molecular flexibility index (Phi) is 14.9. The van der Waals surface area contributed by atoms with Gasteiger partial charge < -0.3 is 4.90 Å². The molecule has 0 atom stereocenters. The van der Waals surface area contributed by atoms with Crippen molar-refractivity contribution < 1.29 is 14.4 Å². The number of carbonyl (C=O) groups excluding carboxylic acids is 3. The van der Waals surface area contributed by atoms with Crippen LogP contribution in [0.2, 0.25) is 10.0 Å². The maximum atomic E-state index is 12.6. The fourth-order valence-electron chi connectivity index (χ4n) is 3.66. The van der Waals surface area contributed by atoms with E-state index >= 15 is 0 Å². The number of nitrogens with zero attached hydrogens (tertiary/aromatic N) is 3. The third kappa shape index (κ3) is 10.8. The molecule has 226 valence electrons. The molecule has 0 aliphatic rings. The maximum absolute atomic E-state index is 12.6. The first-order chi connectivity index (χ1) is 20.0. The second-order valence-corrected chi connectivity index (χ2v) is 11.8. The third-order valence-corrected chi connectivity index (χ3v) is 8.12. The predicted molar refractivity (Wildman–Crippen MR) is 187 cm³/mol. The second kappa shape index (κ2) is 17.6. The van der Waals surface area contributed by atoms with Crippen LogP contribution in [0, 0.1) is 13.8 Å². The zero-order valence-corrected chi connectivity index (χ0v) is 29.7. The first-order valence-electron chi connectivity index (χ1n) is 13.0. The van der Waals surface area contributed by atoms with E-state index in [2.05, 4.69) is 58.8 Å². The summed E-state index contributed by atoms with van der Waals surface area (Å²) in [4.78, 5) is 46.0. The van der Waals surface area contributed by atoms with Crippen molar-refractivity contribution in [3.63, 3.8) is 0 Å². The van der Waals surface area contributed by atoms with Crippen molar-refractivity contribution in [3.05, 3.63) is 115 Å². The SMILES string of the molecule is Br.CCN(C)C=Nc1cc(C)c(Cc2nc(C(=O)c3ccc(Cl)cc3)cs2)cc1C.O=C(CBr)C(=O)c1ccc(Cl)cc1. The van der Waals surface area contributed by atoms with Gasteiger partial charge in [-0.25, -0.2) is 9.98 Å². The molecule has 0 spiro atoms. The minimum absolute atomic E-state index is 0. The highest BCUT2D eigenvalue weighted by Gasteiger charge is 2.15. The number of aryl methyl sites for hydroxylation is 2. The van der Waals surface area contributed by atoms with E-state index in [-0.39, 0.29) is 28.1 Å². The van der Waals surface area contributed by atoms with Gasteiger partial charge in [-0.3, -0.25) is 14.4 Å². The zero-order chi connectivity index (χ0) is 30.8. The zero-order valence-electron chi connectivity index (χ0n) is 24.1. The minimum atomic E-state index is -0.492. The third-order valence-electron chi connectivity index (χ3n) is 6.26. The van der Waals surface area contributed by atoms with Crippen LogP contribution in [0.25, 0.3) is 0 Å². The van der Waals surface area contributed by atoms with Crippen molar-refractivity contribution >= 4 is 96.8 Å². The summed E-state index contributed by atoms with van der Waals surface area (Å²) in [5.74, 6) is -1.03. The first-order valence-corrected chi connectivity index (χ1v) is 15.8. The number of benzene rings is 3. The molecule has 1 heterocycles. The molecule has 0 saturated heterocycles. The Labute approximate surface area is 285 Å². The van der Waals surface area contributed by atoms with E-state index in [0.29, 0.717) is 33.3 Å². The van der Waals surface area contributed by atoms with E-state index in [9.17, 15) is 14.4 Å². The van der Waals surface area contributed by atoms with E-state index in [1.54, 1.807) is 36.4 Å². The molecule has 0 amide bonds. The van der Waals surface area contributed by atoms with Crippen molar-refractivity contribution in [1.82, 2.24) is 9.88 Å². The average molecular weight is 768 g/mol. The largest absolute Gasteiger partial charge is 0.366 e. The lowest BCUT2D eigenvalue weighted by atomic mass is 10.0. The van der Waals surface area contributed by atoms with Gasteiger partial charge in [0.1, 0.15) is 5.69 Å². The fourth-order valence-corrected chi connectivity index (χ4v) is 4.97. The van der Waals surface area contributed by atoms with Crippen molar-refractivity contribution in [3.8, 4) is 0 Å². The summed E-state index contributed by atoms with van der Waals surface area (Å²) in [5.41, 5.74) is 5.91. The van der Waals surface area contributed by atoms with Crippen molar-refractivity contribution in [2.24, 2.45) is 4.99 Å². The Bertz CT molecular complexity index is 1590. The average Bonchev–Trinajstić information content (AvgIpc) is 3.46. The second-order valence-electron chi connectivity index (χ2n) is 9.42. The number of hydrogen-bond acceptors (Lipinski definition) is 6. The predicted octanol–water partition coefficient (Wildman–Crippen LogP) is 8.91. The van der Waals surface area contributed by atoms with Gasteiger partial charge in [0.2, 0.25) is 17.3 Å². The molecule has 0 saturated carbocycles. The van der Waals surface area contributed by atoms with Gasteiger partial charge in [0.05, 0.1) is 22.4 Å². The molecule has 43 heavy (non-hydrogen) atoms. The summed E-state index contributed by atoms with van der Waals surface area (Å²) in [6.07, 6.45) is 2.56. The van der Waals surface area contributed by atoms with Crippen LogP contribution < -0.4 is 0 Å². The molecule has 0 unspecified atom stereocenters. The number of Topliss-reactive ketones (excluding diaryl/α,β-unsaturated/α-hetero) is 2. The van der Waals surface area contributed by atoms with Gasteiger partial charge in [-0.15, -0.1) is 28.3 Å². The maximum Gasteiger partial charge on any atom is 0.229 e. The van der Waals surface area contributed by atoms with Crippen LogP contribution in [0.1, 0.15) is 55.0 Å². The van der Waals surface area contributed by atoms with E-state index < -0.39 is 11.6 Å². The smallest absolute Gasteiger partial charge is 0.229 e. The Morgan fingerprint density at radius 3 is 2.09 bits per heavy atom. The summed E-state index contributed by atoms with van der Waals surface area (Å²) in [7, 11) is 2.01. The molecule has 1 aromatic heterocycles. The van der Waals surface area contributed by atoms with Crippen molar-refractivity contribution in [1.29, 1.82) is 0 Å². The van der Waals surface area contributed by atoms with E-state index in [1.807, 2.05) is 23.7 Å². The van der Waals surface area contributed by atoms with Gasteiger partial charge in [-0.05, 0) is 92.1 Å². The van der Waals surface area contributed by atoms with Gasteiger partial charge in [0.15, 0.2) is 0 Å². The first kappa shape index (κ1) is 36.5. The number of halogens is 4. The van der Waals surface area contributed by atoms with Crippen LogP contribution in [-0.4, -0.2) is 52.5 Å². The lowest BCUT2D eigenvalue weighted by molar-refractivity contribution is -0.112. The van der Waals surface area contributed by atoms with Crippen molar-refractivity contribution in [2.75, 3.05) is 18.9 Å². The highest BCUT2D eigenvalue weighted by molar-refractivity contribution is 9.09. The normalized spacial score (nSPS) is 10.5. The number of alkyl halides is 1. The van der Waals surface area contributed by atoms with Crippen LogP contribution in [0.15, 0.2) is 71.0 Å². The molecule has 0 N–H and O–H groups in total. The number of carbonyl (C=O) groups is 3. The highest BCUT2D eigenvalue weighted by atomic mass is 79.9. The number of hydrogen-bond donors (Lipinski definition) is 0. The van der Waals surface area contributed by atoms with Crippen LogP contribution in [0.3, 0.4) is 0 Å². The number of aliphatic imine (C=N–C) groups is 1. The number of thiazole rings is 1. The summed E-state index contributed by atoms with van der Waals surface area (Å²) in [5, 5.41) is 3.96. The Balaban J connectivity index is 0.000000388. The van der Waals surface area contributed by atoms with Crippen LogP contribution in [0.4, 0.5) is 5.69 Å². The highest BCUT2D eigenvalue weighted by Crippen LogP contribution is 2.26. The molecule has 0 bridgehead atoms. The number of aromatic nitrogens is 1. The molecule has 4 aromatic rings. The Hall–Kier alpha value is -2.69. The Morgan fingerprint density at radius 2 is 1.53 bits per heavy atom. The molecule has 3 aromatic carbocycles.